The van der Waals surface area contributed by atoms with Gasteiger partial charge < -0.3 is 5.32 Å². The molecule has 0 atom stereocenters. The van der Waals surface area contributed by atoms with Crippen LogP contribution in [-0.4, -0.2) is 6.54 Å². The Morgan fingerprint density at radius 3 is 2.72 bits per heavy atom. The van der Waals surface area contributed by atoms with Gasteiger partial charge in [0.05, 0.1) is 0 Å². The van der Waals surface area contributed by atoms with Crippen LogP contribution in [0.25, 0.3) is 0 Å². The van der Waals surface area contributed by atoms with E-state index in [0.717, 1.165) is 34.6 Å². The van der Waals surface area contributed by atoms with Crippen molar-refractivity contribution in [3.63, 3.8) is 0 Å². The lowest BCUT2D eigenvalue weighted by atomic mass is 10.0. The quantitative estimate of drug-likeness (QED) is 0.721. The van der Waals surface area contributed by atoms with Gasteiger partial charge in [-0.05, 0) is 49.1 Å². The number of hydrogen-bond acceptors (Lipinski definition) is 1. The first kappa shape index (κ1) is 14.2. The Labute approximate surface area is 120 Å². The van der Waals surface area contributed by atoms with Gasteiger partial charge in [0, 0.05) is 16.6 Å². The predicted molar refractivity (Wildman–Crippen MR) is 79.4 cm³/mol. The fourth-order valence-corrected chi connectivity index (χ4v) is 3.10. The van der Waals surface area contributed by atoms with E-state index in [1.165, 1.54) is 38.5 Å². The first-order chi connectivity index (χ1) is 8.75. The van der Waals surface area contributed by atoms with Gasteiger partial charge in [-0.3, -0.25) is 0 Å². The molecule has 100 valence electrons. The third kappa shape index (κ3) is 4.46. The van der Waals surface area contributed by atoms with Gasteiger partial charge in [0.2, 0.25) is 0 Å². The molecular formula is C15H21Cl2N. The molecular weight excluding hydrogens is 265 g/mol. The average molecular weight is 286 g/mol. The molecule has 0 radical (unpaired) electrons. The molecule has 1 aromatic carbocycles. The minimum Gasteiger partial charge on any atom is -0.313 e. The van der Waals surface area contributed by atoms with E-state index in [4.69, 9.17) is 23.2 Å². The maximum atomic E-state index is 6.11. The second kappa shape index (κ2) is 7.37. The van der Waals surface area contributed by atoms with Crippen LogP contribution in [-0.2, 0) is 6.54 Å². The maximum absolute atomic E-state index is 6.11. The second-order valence-electron chi connectivity index (χ2n) is 5.21. The van der Waals surface area contributed by atoms with E-state index in [1.54, 1.807) is 0 Å². The largest absolute Gasteiger partial charge is 0.313 e. The first-order valence-electron chi connectivity index (χ1n) is 6.90. The third-order valence-electron chi connectivity index (χ3n) is 3.76. The molecule has 18 heavy (non-hydrogen) atoms. The summed E-state index contributed by atoms with van der Waals surface area (Å²) in [6.45, 7) is 1.88. The highest BCUT2D eigenvalue weighted by atomic mass is 35.5. The smallest absolute Gasteiger partial charge is 0.0451 e. The van der Waals surface area contributed by atoms with E-state index in [9.17, 15) is 0 Å². The third-order valence-corrected chi connectivity index (χ3v) is 4.37. The molecule has 0 spiro atoms. The van der Waals surface area contributed by atoms with Crippen LogP contribution in [0.2, 0.25) is 10.0 Å². The molecule has 1 nitrogen and oxygen atoms in total. The Bertz CT molecular complexity index is 373. The van der Waals surface area contributed by atoms with Crippen molar-refractivity contribution in [1.82, 2.24) is 5.32 Å². The lowest BCUT2D eigenvalue weighted by molar-refractivity contribution is 0.470. The lowest BCUT2D eigenvalue weighted by Gasteiger charge is -2.10. The summed E-state index contributed by atoms with van der Waals surface area (Å²) >= 11 is 12.1. The summed E-state index contributed by atoms with van der Waals surface area (Å²) in [5, 5.41) is 5.00. The number of hydrogen-bond donors (Lipinski definition) is 1. The van der Waals surface area contributed by atoms with Gasteiger partial charge in [-0.25, -0.2) is 0 Å². The topological polar surface area (TPSA) is 12.0 Å². The Hall–Kier alpha value is -0.240. The Morgan fingerprint density at radius 2 is 1.94 bits per heavy atom. The van der Waals surface area contributed by atoms with Gasteiger partial charge >= 0.3 is 0 Å². The molecule has 0 saturated heterocycles. The van der Waals surface area contributed by atoms with Crippen molar-refractivity contribution in [2.24, 2.45) is 5.92 Å². The summed E-state index contributed by atoms with van der Waals surface area (Å²) in [5.74, 6) is 0.988. The van der Waals surface area contributed by atoms with Crippen molar-refractivity contribution < 1.29 is 0 Å². The van der Waals surface area contributed by atoms with Gasteiger partial charge in [0.25, 0.3) is 0 Å². The highest BCUT2D eigenvalue weighted by Crippen LogP contribution is 2.28. The van der Waals surface area contributed by atoms with Crippen molar-refractivity contribution >= 4 is 23.2 Å². The molecule has 0 amide bonds. The normalized spacial score (nSPS) is 16.3. The molecule has 0 aliphatic heterocycles. The molecule has 1 saturated carbocycles. The zero-order chi connectivity index (χ0) is 12.8. The molecule has 3 heteroatoms. The Kier molecular flexibility index (Phi) is 5.81. The van der Waals surface area contributed by atoms with Gasteiger partial charge in [0.1, 0.15) is 0 Å². The van der Waals surface area contributed by atoms with Crippen LogP contribution in [0.1, 0.15) is 44.1 Å². The maximum Gasteiger partial charge on any atom is 0.0451 e. The molecule has 0 heterocycles. The first-order valence-corrected chi connectivity index (χ1v) is 7.66. The molecule has 1 fully saturated rings. The van der Waals surface area contributed by atoms with Crippen molar-refractivity contribution in [1.29, 1.82) is 0 Å². The van der Waals surface area contributed by atoms with E-state index >= 15 is 0 Å². The minimum absolute atomic E-state index is 0.752. The summed E-state index contributed by atoms with van der Waals surface area (Å²) in [6.07, 6.45) is 8.41. The van der Waals surface area contributed by atoms with E-state index in [-0.39, 0.29) is 0 Å². The van der Waals surface area contributed by atoms with Crippen LogP contribution < -0.4 is 5.32 Å². The molecule has 1 aromatic rings. The summed E-state index contributed by atoms with van der Waals surface area (Å²) in [4.78, 5) is 0. The molecule has 1 aliphatic carbocycles. The van der Waals surface area contributed by atoms with Crippen molar-refractivity contribution in [2.45, 2.75) is 45.1 Å². The highest BCUT2D eigenvalue weighted by molar-refractivity contribution is 6.33. The standard InChI is InChI=1S/C15H21Cl2N/c16-14-7-8-15(17)13(10-14)11-18-9-3-6-12-4-1-2-5-12/h7-8,10,12,18H,1-6,9,11H2. The van der Waals surface area contributed by atoms with Crippen molar-refractivity contribution in [3.05, 3.63) is 33.8 Å². The molecule has 1 aliphatic rings. The van der Waals surface area contributed by atoms with Gasteiger partial charge in [-0.15, -0.1) is 0 Å². The Balaban J connectivity index is 1.64. The van der Waals surface area contributed by atoms with Crippen LogP contribution in [0.3, 0.4) is 0 Å². The van der Waals surface area contributed by atoms with Crippen LogP contribution in [0.4, 0.5) is 0 Å². The second-order valence-corrected chi connectivity index (χ2v) is 6.05. The highest BCUT2D eigenvalue weighted by Gasteiger charge is 2.13. The molecule has 0 bridgehead atoms. The summed E-state index contributed by atoms with van der Waals surface area (Å²) in [7, 11) is 0. The van der Waals surface area contributed by atoms with E-state index in [2.05, 4.69) is 5.32 Å². The van der Waals surface area contributed by atoms with Gasteiger partial charge in [-0.2, -0.15) is 0 Å². The summed E-state index contributed by atoms with van der Waals surface area (Å²) in [5.41, 5.74) is 1.09. The van der Waals surface area contributed by atoms with E-state index < -0.39 is 0 Å². The molecule has 2 rings (SSSR count). The minimum atomic E-state index is 0.752. The lowest BCUT2D eigenvalue weighted by Crippen LogP contribution is -2.15. The fraction of sp³-hybridized carbons (Fsp3) is 0.600. The average Bonchev–Trinajstić information content (AvgIpc) is 2.86. The van der Waals surface area contributed by atoms with Gasteiger partial charge in [0.15, 0.2) is 0 Å². The van der Waals surface area contributed by atoms with Crippen molar-refractivity contribution in [2.75, 3.05) is 6.54 Å². The Morgan fingerprint density at radius 1 is 1.17 bits per heavy atom. The molecule has 0 unspecified atom stereocenters. The molecule has 1 N–H and O–H groups in total. The zero-order valence-corrected chi connectivity index (χ0v) is 12.2. The van der Waals surface area contributed by atoms with E-state index in [1.807, 2.05) is 18.2 Å². The molecule has 0 aromatic heterocycles. The zero-order valence-electron chi connectivity index (χ0n) is 10.7. The summed E-state index contributed by atoms with van der Waals surface area (Å²) < 4.78 is 0. The number of benzene rings is 1. The number of nitrogens with one attached hydrogen (secondary N) is 1. The summed E-state index contributed by atoms with van der Waals surface area (Å²) in [6, 6.07) is 5.63. The predicted octanol–water partition coefficient (Wildman–Crippen LogP) is 5.05. The fourth-order valence-electron chi connectivity index (χ4n) is 2.72. The monoisotopic (exact) mass is 285 g/mol. The van der Waals surface area contributed by atoms with Gasteiger partial charge in [-0.1, -0.05) is 48.9 Å². The SMILES string of the molecule is Clc1ccc(Cl)c(CNCCCC2CCCC2)c1. The van der Waals surface area contributed by atoms with Crippen molar-refractivity contribution in [3.8, 4) is 0 Å². The van der Waals surface area contributed by atoms with Crippen LogP contribution in [0.5, 0.6) is 0 Å². The van der Waals surface area contributed by atoms with Crippen LogP contribution in [0, 0.1) is 5.92 Å². The van der Waals surface area contributed by atoms with Crippen LogP contribution in [0.15, 0.2) is 18.2 Å². The number of halogens is 2. The van der Waals surface area contributed by atoms with Crippen LogP contribution >= 0.6 is 23.2 Å². The number of rotatable bonds is 6. The van der Waals surface area contributed by atoms with E-state index in [0.29, 0.717) is 0 Å².